The number of hydrogen-bond acceptors (Lipinski definition) is 5. The molecule has 1 atom stereocenters. The predicted octanol–water partition coefficient (Wildman–Crippen LogP) is 3.28. The number of aryl methyl sites for hydroxylation is 1. The van der Waals surface area contributed by atoms with Crippen molar-refractivity contribution in [3.63, 3.8) is 0 Å². The Morgan fingerprint density at radius 1 is 1.12 bits per heavy atom. The number of hydrogen-bond donors (Lipinski definition) is 1. The van der Waals surface area contributed by atoms with E-state index in [2.05, 4.69) is 5.32 Å². The van der Waals surface area contributed by atoms with Gasteiger partial charge in [-0.2, -0.15) is 0 Å². The molecule has 1 fully saturated rings. The summed E-state index contributed by atoms with van der Waals surface area (Å²) < 4.78 is 12.0. The minimum Gasteiger partial charge on any atom is -0.497 e. The summed E-state index contributed by atoms with van der Waals surface area (Å²) in [6.07, 6.45) is 4.67. The summed E-state index contributed by atoms with van der Waals surface area (Å²) >= 11 is 0. The van der Waals surface area contributed by atoms with Crippen LogP contribution in [0.25, 0.3) is 11.1 Å². The van der Waals surface area contributed by atoms with Crippen LogP contribution in [0.3, 0.4) is 0 Å². The average molecular weight is 450 g/mol. The van der Waals surface area contributed by atoms with Crippen molar-refractivity contribution in [3.8, 4) is 5.75 Å². The molecule has 2 aromatic carbocycles. The van der Waals surface area contributed by atoms with Gasteiger partial charge in [0.05, 0.1) is 18.5 Å². The van der Waals surface area contributed by atoms with Crippen molar-refractivity contribution in [2.75, 3.05) is 25.5 Å². The Labute approximate surface area is 191 Å². The van der Waals surface area contributed by atoms with Gasteiger partial charge >= 0.3 is 5.76 Å². The molecule has 0 radical (unpaired) electrons. The van der Waals surface area contributed by atoms with E-state index in [4.69, 9.17) is 9.15 Å². The lowest BCUT2D eigenvalue weighted by atomic mass is 10.00. The number of fused-ring (bicyclic) bond motifs is 2. The second kappa shape index (κ2) is 8.77. The first kappa shape index (κ1) is 21.3. The summed E-state index contributed by atoms with van der Waals surface area (Å²) in [7, 11) is 1.61. The highest BCUT2D eigenvalue weighted by Crippen LogP contribution is 2.36. The number of piperidine rings is 1. The number of rotatable bonds is 5. The van der Waals surface area contributed by atoms with Gasteiger partial charge in [-0.25, -0.2) is 4.79 Å². The normalized spacial score (nSPS) is 17.7. The zero-order chi connectivity index (χ0) is 22.9. The zero-order valence-electron chi connectivity index (χ0n) is 18.6. The molecule has 1 aliphatic carbocycles. The second-order valence-electron chi connectivity index (χ2n) is 8.72. The molecule has 8 nitrogen and oxygen atoms in total. The van der Waals surface area contributed by atoms with Gasteiger partial charge in [0.1, 0.15) is 12.3 Å². The Morgan fingerprint density at radius 2 is 1.94 bits per heavy atom. The van der Waals surface area contributed by atoms with E-state index < -0.39 is 5.76 Å². The molecular formula is C25H27N3O5. The van der Waals surface area contributed by atoms with E-state index in [9.17, 15) is 14.4 Å². The number of methoxy groups -OCH3 is 1. The van der Waals surface area contributed by atoms with E-state index in [0.29, 0.717) is 16.8 Å². The Hall–Kier alpha value is -3.55. The van der Waals surface area contributed by atoms with Crippen LogP contribution in [0.15, 0.2) is 45.6 Å². The molecule has 2 heterocycles. The van der Waals surface area contributed by atoms with Crippen LogP contribution in [0.2, 0.25) is 0 Å². The predicted molar refractivity (Wildman–Crippen MR) is 124 cm³/mol. The number of amides is 2. The van der Waals surface area contributed by atoms with Crippen LogP contribution in [0, 0.1) is 0 Å². The smallest absolute Gasteiger partial charge is 0.420 e. The molecule has 5 rings (SSSR count). The molecule has 1 N–H and O–H groups in total. The van der Waals surface area contributed by atoms with Crippen molar-refractivity contribution in [3.05, 3.63) is 58.1 Å². The van der Waals surface area contributed by atoms with Crippen LogP contribution in [0.5, 0.6) is 5.75 Å². The number of ether oxygens (including phenoxy) is 1. The van der Waals surface area contributed by atoms with E-state index in [1.165, 1.54) is 4.57 Å². The van der Waals surface area contributed by atoms with Gasteiger partial charge in [-0.1, -0.05) is 6.07 Å². The number of aromatic nitrogens is 1. The fourth-order valence-corrected chi connectivity index (χ4v) is 4.88. The summed E-state index contributed by atoms with van der Waals surface area (Å²) in [5, 5.41) is 2.98. The SMILES string of the molecule is COc1ccc2c(c1)C(C(=O)Nc1ccc3oc(=O)n(CC(=O)N4CCCCC4)c3c1)CC2. The number of nitrogens with zero attached hydrogens (tertiary/aromatic N) is 2. The third-order valence-electron chi connectivity index (χ3n) is 6.68. The highest BCUT2D eigenvalue weighted by molar-refractivity contribution is 5.98. The third-order valence-corrected chi connectivity index (χ3v) is 6.68. The number of likely N-dealkylation sites (tertiary alicyclic amines) is 1. The van der Waals surface area contributed by atoms with E-state index in [1.807, 2.05) is 18.2 Å². The first-order valence-electron chi connectivity index (χ1n) is 11.4. The van der Waals surface area contributed by atoms with Crippen LogP contribution in [-0.4, -0.2) is 41.5 Å². The van der Waals surface area contributed by atoms with Crippen LogP contribution >= 0.6 is 0 Å². The molecule has 2 amide bonds. The van der Waals surface area contributed by atoms with E-state index in [-0.39, 0.29) is 24.3 Å². The van der Waals surface area contributed by atoms with E-state index in [1.54, 1.807) is 30.2 Å². The maximum atomic E-state index is 13.1. The minimum atomic E-state index is -0.573. The van der Waals surface area contributed by atoms with Crippen molar-refractivity contribution in [2.45, 2.75) is 44.6 Å². The number of oxazole rings is 1. The number of anilines is 1. The van der Waals surface area contributed by atoms with Crippen LogP contribution in [0.1, 0.15) is 42.7 Å². The summed E-state index contributed by atoms with van der Waals surface area (Å²) in [6.45, 7) is 1.37. The number of carbonyl (C=O) groups is 2. The molecule has 1 unspecified atom stereocenters. The molecule has 33 heavy (non-hydrogen) atoms. The first-order valence-corrected chi connectivity index (χ1v) is 11.4. The van der Waals surface area contributed by atoms with Gasteiger partial charge in [-0.3, -0.25) is 14.2 Å². The Balaban J connectivity index is 1.37. The van der Waals surface area contributed by atoms with Crippen molar-refractivity contribution >= 4 is 28.6 Å². The third kappa shape index (κ3) is 4.13. The molecule has 0 saturated carbocycles. The average Bonchev–Trinajstić information content (AvgIpc) is 3.40. The Bertz CT molecular complexity index is 1270. The number of benzene rings is 2. The fraction of sp³-hybridized carbons (Fsp3) is 0.400. The van der Waals surface area contributed by atoms with Gasteiger partial charge in [-0.15, -0.1) is 0 Å². The summed E-state index contributed by atoms with van der Waals surface area (Å²) in [4.78, 5) is 40.0. The topological polar surface area (TPSA) is 93.8 Å². The Kier molecular flexibility index (Phi) is 5.66. The largest absolute Gasteiger partial charge is 0.497 e. The van der Waals surface area contributed by atoms with Crippen LogP contribution < -0.4 is 15.8 Å². The van der Waals surface area contributed by atoms with Crippen molar-refractivity contribution in [1.82, 2.24) is 9.47 Å². The molecule has 1 aliphatic heterocycles. The molecule has 3 aromatic rings. The Morgan fingerprint density at radius 3 is 2.73 bits per heavy atom. The molecule has 2 aliphatic rings. The van der Waals surface area contributed by atoms with Crippen molar-refractivity contribution < 1.29 is 18.7 Å². The molecular weight excluding hydrogens is 422 g/mol. The molecule has 0 bridgehead atoms. The second-order valence-corrected chi connectivity index (χ2v) is 8.72. The number of carbonyl (C=O) groups excluding carboxylic acids is 2. The van der Waals surface area contributed by atoms with Gasteiger partial charge in [-0.05, 0) is 73.6 Å². The van der Waals surface area contributed by atoms with Crippen molar-refractivity contribution in [2.24, 2.45) is 0 Å². The monoisotopic (exact) mass is 449 g/mol. The lowest BCUT2D eigenvalue weighted by Crippen LogP contribution is -2.39. The van der Waals surface area contributed by atoms with Gasteiger partial charge in [0.15, 0.2) is 5.58 Å². The molecule has 172 valence electrons. The van der Waals surface area contributed by atoms with E-state index >= 15 is 0 Å². The maximum absolute atomic E-state index is 13.1. The zero-order valence-corrected chi connectivity index (χ0v) is 18.6. The maximum Gasteiger partial charge on any atom is 0.420 e. The fourth-order valence-electron chi connectivity index (χ4n) is 4.88. The lowest BCUT2D eigenvalue weighted by Gasteiger charge is -2.26. The lowest BCUT2D eigenvalue weighted by molar-refractivity contribution is -0.132. The highest BCUT2D eigenvalue weighted by atomic mass is 16.5. The standard InChI is InChI=1S/C25H27N3O5/c1-32-18-8-5-16-6-9-19(20(16)14-18)24(30)26-17-7-10-22-21(13-17)28(25(31)33-22)15-23(29)27-11-3-2-4-12-27/h5,7-8,10,13-14,19H,2-4,6,9,11-12,15H2,1H3,(H,26,30). The quantitative estimate of drug-likeness (QED) is 0.645. The van der Waals surface area contributed by atoms with Gasteiger partial charge in [0.2, 0.25) is 11.8 Å². The number of nitrogens with one attached hydrogen (secondary N) is 1. The molecule has 0 spiro atoms. The minimum absolute atomic E-state index is 0.0704. The van der Waals surface area contributed by atoms with Gasteiger partial charge in [0, 0.05) is 18.8 Å². The van der Waals surface area contributed by atoms with Crippen LogP contribution in [0.4, 0.5) is 5.69 Å². The molecule has 1 saturated heterocycles. The van der Waals surface area contributed by atoms with Crippen molar-refractivity contribution in [1.29, 1.82) is 0 Å². The molecule has 8 heteroatoms. The molecule has 1 aromatic heterocycles. The highest BCUT2D eigenvalue weighted by Gasteiger charge is 2.29. The summed E-state index contributed by atoms with van der Waals surface area (Å²) in [6, 6.07) is 10.9. The van der Waals surface area contributed by atoms with E-state index in [0.717, 1.165) is 62.1 Å². The van der Waals surface area contributed by atoms with Gasteiger partial charge < -0.3 is 19.4 Å². The van der Waals surface area contributed by atoms with Gasteiger partial charge in [0.25, 0.3) is 0 Å². The first-order chi connectivity index (χ1) is 16.0. The summed E-state index contributed by atoms with van der Waals surface area (Å²) in [5.74, 6) is -0.307. The van der Waals surface area contributed by atoms with Crippen LogP contribution in [-0.2, 0) is 22.6 Å². The summed E-state index contributed by atoms with van der Waals surface area (Å²) in [5.41, 5.74) is 3.59.